The number of rotatable bonds is 2. The maximum Gasteiger partial charge on any atom is 0.256 e. The second-order valence-electron chi connectivity index (χ2n) is 5.98. The van der Waals surface area contributed by atoms with Crippen LogP contribution in [0.3, 0.4) is 0 Å². The maximum absolute atomic E-state index is 12.8. The predicted molar refractivity (Wildman–Crippen MR) is 92.8 cm³/mol. The first kappa shape index (κ1) is 13.9. The molecule has 0 saturated heterocycles. The van der Waals surface area contributed by atoms with Crippen molar-refractivity contribution < 1.29 is 4.79 Å². The van der Waals surface area contributed by atoms with Crippen molar-refractivity contribution in [1.82, 2.24) is 4.98 Å². The van der Waals surface area contributed by atoms with Crippen LogP contribution in [-0.2, 0) is 12.8 Å². The average Bonchev–Trinajstić information content (AvgIpc) is 2.61. The topological polar surface area (TPSA) is 42.0 Å². The van der Waals surface area contributed by atoms with Gasteiger partial charge >= 0.3 is 0 Å². The highest BCUT2D eigenvalue weighted by atomic mass is 16.1. The van der Waals surface area contributed by atoms with Crippen molar-refractivity contribution in [2.45, 2.75) is 25.7 Å². The number of benzene rings is 2. The minimum absolute atomic E-state index is 0.0671. The lowest BCUT2D eigenvalue weighted by atomic mass is 9.90. The van der Waals surface area contributed by atoms with E-state index in [1.807, 2.05) is 42.5 Å². The Morgan fingerprint density at radius 3 is 2.78 bits per heavy atom. The number of carbonyl (C=O) groups excluding carboxylic acids is 1. The van der Waals surface area contributed by atoms with Gasteiger partial charge < -0.3 is 5.32 Å². The van der Waals surface area contributed by atoms with Crippen molar-refractivity contribution in [3.8, 4) is 0 Å². The van der Waals surface area contributed by atoms with E-state index in [0.717, 1.165) is 29.4 Å². The molecule has 1 amide bonds. The van der Waals surface area contributed by atoms with E-state index < -0.39 is 0 Å². The molecule has 114 valence electrons. The zero-order chi connectivity index (χ0) is 15.6. The number of carbonyl (C=O) groups is 1. The molecule has 4 rings (SSSR count). The van der Waals surface area contributed by atoms with E-state index in [9.17, 15) is 4.79 Å². The number of nitrogens with one attached hydrogen (secondary N) is 1. The van der Waals surface area contributed by atoms with Crippen molar-refractivity contribution >= 4 is 22.5 Å². The summed E-state index contributed by atoms with van der Waals surface area (Å²) in [7, 11) is 0. The Morgan fingerprint density at radius 2 is 1.83 bits per heavy atom. The summed E-state index contributed by atoms with van der Waals surface area (Å²) in [5, 5.41) is 4.00. The Balaban J connectivity index is 1.71. The first-order valence-corrected chi connectivity index (χ1v) is 8.09. The van der Waals surface area contributed by atoms with Gasteiger partial charge in [0.1, 0.15) is 0 Å². The van der Waals surface area contributed by atoms with Gasteiger partial charge in [0.25, 0.3) is 5.91 Å². The third-order valence-electron chi connectivity index (χ3n) is 4.53. The average molecular weight is 302 g/mol. The summed E-state index contributed by atoms with van der Waals surface area (Å²) in [5.74, 6) is -0.0671. The number of fused-ring (bicyclic) bond motifs is 2. The molecule has 0 unspecified atom stereocenters. The summed E-state index contributed by atoms with van der Waals surface area (Å²) in [5.41, 5.74) is 5.13. The number of hydrogen-bond acceptors (Lipinski definition) is 2. The fraction of sp³-hybridized carbons (Fsp3) is 0.200. The third-order valence-corrected chi connectivity index (χ3v) is 4.53. The SMILES string of the molecule is O=C(Nc1cccc2c1CCCC2)c1cccc2ncccc12. The van der Waals surface area contributed by atoms with Crippen LogP contribution in [0.5, 0.6) is 0 Å². The van der Waals surface area contributed by atoms with Crippen LogP contribution in [-0.4, -0.2) is 10.9 Å². The largest absolute Gasteiger partial charge is 0.322 e. The van der Waals surface area contributed by atoms with Gasteiger partial charge in [-0.2, -0.15) is 0 Å². The Kier molecular flexibility index (Phi) is 3.54. The lowest BCUT2D eigenvalue weighted by molar-refractivity contribution is 0.102. The Hall–Kier alpha value is -2.68. The van der Waals surface area contributed by atoms with Gasteiger partial charge in [0.2, 0.25) is 0 Å². The van der Waals surface area contributed by atoms with Gasteiger partial charge in [-0.25, -0.2) is 0 Å². The molecule has 0 saturated carbocycles. The van der Waals surface area contributed by atoms with Crippen LogP contribution in [0.25, 0.3) is 10.9 Å². The van der Waals surface area contributed by atoms with Crippen LogP contribution in [0.1, 0.15) is 34.3 Å². The number of amides is 1. The third kappa shape index (κ3) is 2.59. The van der Waals surface area contributed by atoms with Crippen LogP contribution in [0.15, 0.2) is 54.7 Å². The molecular weight excluding hydrogens is 284 g/mol. The van der Waals surface area contributed by atoms with Crippen LogP contribution < -0.4 is 5.32 Å². The molecule has 1 N–H and O–H groups in total. The summed E-state index contributed by atoms with van der Waals surface area (Å²) >= 11 is 0. The molecule has 3 nitrogen and oxygen atoms in total. The maximum atomic E-state index is 12.8. The van der Waals surface area contributed by atoms with E-state index in [-0.39, 0.29) is 5.91 Å². The fourth-order valence-electron chi connectivity index (χ4n) is 3.39. The van der Waals surface area contributed by atoms with Crippen molar-refractivity contribution in [2.75, 3.05) is 5.32 Å². The number of nitrogens with zero attached hydrogens (tertiary/aromatic N) is 1. The van der Waals surface area contributed by atoms with Gasteiger partial charge in [0.05, 0.1) is 5.52 Å². The van der Waals surface area contributed by atoms with Crippen molar-refractivity contribution in [1.29, 1.82) is 0 Å². The van der Waals surface area contributed by atoms with E-state index >= 15 is 0 Å². The molecule has 0 radical (unpaired) electrons. The van der Waals surface area contributed by atoms with Gasteiger partial charge in [-0.05, 0) is 61.1 Å². The molecule has 0 atom stereocenters. The van der Waals surface area contributed by atoms with Crippen molar-refractivity contribution in [3.05, 3.63) is 71.4 Å². The summed E-state index contributed by atoms with van der Waals surface area (Å²) in [4.78, 5) is 17.1. The number of aromatic nitrogens is 1. The zero-order valence-electron chi connectivity index (χ0n) is 12.9. The van der Waals surface area contributed by atoms with Gasteiger partial charge in [0, 0.05) is 22.8 Å². The Labute approximate surface area is 135 Å². The van der Waals surface area contributed by atoms with Crippen LogP contribution in [0.4, 0.5) is 5.69 Å². The van der Waals surface area contributed by atoms with Gasteiger partial charge in [-0.3, -0.25) is 9.78 Å². The lowest BCUT2D eigenvalue weighted by Gasteiger charge is -2.19. The van der Waals surface area contributed by atoms with Gasteiger partial charge in [0.15, 0.2) is 0 Å². The highest BCUT2D eigenvalue weighted by Crippen LogP contribution is 2.28. The molecule has 1 aliphatic carbocycles. The quantitative estimate of drug-likeness (QED) is 0.764. The normalized spacial score (nSPS) is 13.6. The molecule has 3 heteroatoms. The molecule has 23 heavy (non-hydrogen) atoms. The van der Waals surface area contributed by atoms with Crippen molar-refractivity contribution in [3.63, 3.8) is 0 Å². The number of hydrogen-bond donors (Lipinski definition) is 1. The molecule has 0 bridgehead atoms. The number of aryl methyl sites for hydroxylation is 1. The van der Waals surface area contributed by atoms with Crippen LogP contribution >= 0.6 is 0 Å². The summed E-state index contributed by atoms with van der Waals surface area (Å²) in [6.45, 7) is 0. The van der Waals surface area contributed by atoms with E-state index in [1.165, 1.54) is 24.0 Å². The first-order valence-electron chi connectivity index (χ1n) is 8.09. The molecule has 0 aliphatic heterocycles. The van der Waals surface area contributed by atoms with Crippen LogP contribution in [0.2, 0.25) is 0 Å². The van der Waals surface area contributed by atoms with E-state index in [1.54, 1.807) is 6.20 Å². The summed E-state index contributed by atoms with van der Waals surface area (Å²) in [6.07, 6.45) is 6.33. The zero-order valence-corrected chi connectivity index (χ0v) is 12.9. The minimum Gasteiger partial charge on any atom is -0.322 e. The molecule has 1 aliphatic rings. The smallest absolute Gasteiger partial charge is 0.256 e. The molecule has 2 aromatic carbocycles. The molecular formula is C20H18N2O. The van der Waals surface area contributed by atoms with E-state index in [0.29, 0.717) is 5.56 Å². The van der Waals surface area contributed by atoms with E-state index in [2.05, 4.69) is 16.4 Å². The highest BCUT2D eigenvalue weighted by molar-refractivity contribution is 6.12. The monoisotopic (exact) mass is 302 g/mol. The molecule has 0 fully saturated rings. The van der Waals surface area contributed by atoms with Crippen LogP contribution in [0, 0.1) is 0 Å². The molecule has 1 heterocycles. The fourth-order valence-corrected chi connectivity index (χ4v) is 3.39. The second-order valence-corrected chi connectivity index (χ2v) is 5.98. The predicted octanol–water partition coefficient (Wildman–Crippen LogP) is 4.37. The van der Waals surface area contributed by atoms with E-state index in [4.69, 9.17) is 0 Å². The first-order chi connectivity index (χ1) is 11.3. The Morgan fingerprint density at radius 1 is 0.957 bits per heavy atom. The standard InChI is InChI=1S/C20H18N2O/c23-20(17-9-4-11-18-16(17)10-5-13-21-18)22-19-12-3-7-14-6-1-2-8-15(14)19/h3-5,7,9-13H,1-2,6,8H2,(H,22,23). The minimum atomic E-state index is -0.0671. The lowest BCUT2D eigenvalue weighted by Crippen LogP contribution is -2.15. The number of pyridine rings is 1. The summed E-state index contributed by atoms with van der Waals surface area (Å²) < 4.78 is 0. The second kappa shape index (κ2) is 5.84. The summed E-state index contributed by atoms with van der Waals surface area (Å²) in [6, 6.07) is 15.7. The van der Waals surface area contributed by atoms with Gasteiger partial charge in [-0.1, -0.05) is 24.3 Å². The molecule has 1 aromatic heterocycles. The molecule has 3 aromatic rings. The van der Waals surface area contributed by atoms with Crippen molar-refractivity contribution in [2.24, 2.45) is 0 Å². The number of anilines is 1. The van der Waals surface area contributed by atoms with Gasteiger partial charge in [-0.15, -0.1) is 0 Å². The highest BCUT2D eigenvalue weighted by Gasteiger charge is 2.16. The molecule has 0 spiro atoms. The Bertz CT molecular complexity index is 880.